The minimum atomic E-state index is -0.254. The highest BCUT2D eigenvalue weighted by Gasteiger charge is 2.13. The Bertz CT molecular complexity index is 568. The van der Waals surface area contributed by atoms with E-state index in [4.69, 9.17) is 10.5 Å². The molecule has 0 aliphatic heterocycles. The van der Waals surface area contributed by atoms with Gasteiger partial charge in [0.05, 0.1) is 7.11 Å². The second-order valence-corrected chi connectivity index (χ2v) is 4.62. The number of nitrogens with two attached hydrogens (primary N) is 1. The highest BCUT2D eigenvalue weighted by Crippen LogP contribution is 2.25. The lowest BCUT2D eigenvalue weighted by atomic mass is 9.95. The predicted molar refractivity (Wildman–Crippen MR) is 74.8 cm³/mol. The van der Waals surface area contributed by atoms with Gasteiger partial charge in [0.15, 0.2) is 0 Å². The predicted octanol–water partition coefficient (Wildman–Crippen LogP) is 3.39. The summed E-state index contributed by atoms with van der Waals surface area (Å²) in [6.07, 6.45) is 0.619. The lowest BCUT2D eigenvalue weighted by Gasteiger charge is -2.16. The van der Waals surface area contributed by atoms with Gasteiger partial charge in [0, 0.05) is 6.04 Å². The minimum Gasteiger partial charge on any atom is -0.496 e. The first-order chi connectivity index (χ1) is 9.11. The van der Waals surface area contributed by atoms with Crippen LogP contribution in [-0.2, 0) is 6.42 Å². The summed E-state index contributed by atoms with van der Waals surface area (Å²) in [4.78, 5) is 0. The summed E-state index contributed by atoms with van der Waals surface area (Å²) >= 11 is 0. The van der Waals surface area contributed by atoms with Gasteiger partial charge >= 0.3 is 0 Å². The molecule has 0 bridgehead atoms. The van der Waals surface area contributed by atoms with E-state index in [9.17, 15) is 4.39 Å². The van der Waals surface area contributed by atoms with Gasteiger partial charge in [0.2, 0.25) is 0 Å². The molecule has 100 valence electrons. The van der Waals surface area contributed by atoms with Crippen molar-refractivity contribution in [2.24, 2.45) is 5.73 Å². The molecule has 0 saturated heterocycles. The van der Waals surface area contributed by atoms with E-state index in [0.717, 1.165) is 22.4 Å². The van der Waals surface area contributed by atoms with Gasteiger partial charge in [-0.1, -0.05) is 24.3 Å². The molecule has 0 radical (unpaired) electrons. The summed E-state index contributed by atoms with van der Waals surface area (Å²) < 4.78 is 18.6. The topological polar surface area (TPSA) is 35.2 Å². The number of aryl methyl sites for hydroxylation is 1. The van der Waals surface area contributed by atoms with Crippen molar-refractivity contribution in [3.63, 3.8) is 0 Å². The van der Waals surface area contributed by atoms with Crippen LogP contribution < -0.4 is 10.5 Å². The molecule has 2 aromatic rings. The number of hydrogen-bond acceptors (Lipinski definition) is 2. The van der Waals surface area contributed by atoms with Crippen molar-refractivity contribution in [1.82, 2.24) is 0 Å². The molecule has 2 rings (SSSR count). The Morgan fingerprint density at radius 3 is 2.68 bits per heavy atom. The number of ether oxygens (including phenoxy) is 1. The number of para-hydroxylation sites is 1. The Hall–Kier alpha value is -1.87. The summed E-state index contributed by atoms with van der Waals surface area (Å²) in [6, 6.07) is 12.2. The Labute approximate surface area is 113 Å². The van der Waals surface area contributed by atoms with Crippen LogP contribution in [0, 0.1) is 12.7 Å². The summed E-state index contributed by atoms with van der Waals surface area (Å²) in [5.41, 5.74) is 9.07. The molecule has 2 aromatic carbocycles. The van der Waals surface area contributed by atoms with E-state index in [1.54, 1.807) is 13.2 Å². The average Bonchev–Trinajstić information content (AvgIpc) is 2.42. The van der Waals surface area contributed by atoms with Crippen molar-refractivity contribution in [3.05, 3.63) is 65.0 Å². The molecule has 1 atom stereocenters. The molecule has 0 amide bonds. The van der Waals surface area contributed by atoms with Crippen LogP contribution in [0.15, 0.2) is 42.5 Å². The van der Waals surface area contributed by atoms with Crippen LogP contribution in [0.2, 0.25) is 0 Å². The van der Waals surface area contributed by atoms with Gasteiger partial charge in [-0.2, -0.15) is 0 Å². The SMILES string of the molecule is COc1ccccc1CC(N)c1cc(F)ccc1C. The summed E-state index contributed by atoms with van der Waals surface area (Å²) in [7, 11) is 1.64. The first-order valence-electron chi connectivity index (χ1n) is 6.25. The van der Waals surface area contributed by atoms with Crippen molar-refractivity contribution in [1.29, 1.82) is 0 Å². The third-order valence-corrected chi connectivity index (χ3v) is 3.27. The smallest absolute Gasteiger partial charge is 0.123 e. The van der Waals surface area contributed by atoms with Gasteiger partial charge in [-0.05, 0) is 48.2 Å². The number of halogens is 1. The molecule has 0 aliphatic carbocycles. The summed E-state index contributed by atoms with van der Waals surface area (Å²) in [6.45, 7) is 1.94. The quantitative estimate of drug-likeness (QED) is 0.913. The van der Waals surface area contributed by atoms with Crippen molar-refractivity contribution in [2.75, 3.05) is 7.11 Å². The van der Waals surface area contributed by atoms with Crippen molar-refractivity contribution < 1.29 is 9.13 Å². The summed E-state index contributed by atoms with van der Waals surface area (Å²) in [5, 5.41) is 0. The van der Waals surface area contributed by atoms with E-state index in [0.29, 0.717) is 6.42 Å². The fourth-order valence-electron chi connectivity index (χ4n) is 2.23. The highest BCUT2D eigenvalue weighted by molar-refractivity contribution is 5.36. The van der Waals surface area contributed by atoms with Crippen LogP contribution in [0.25, 0.3) is 0 Å². The van der Waals surface area contributed by atoms with Crippen LogP contribution in [0.5, 0.6) is 5.75 Å². The van der Waals surface area contributed by atoms with E-state index in [-0.39, 0.29) is 11.9 Å². The van der Waals surface area contributed by atoms with E-state index in [1.165, 1.54) is 12.1 Å². The lowest BCUT2D eigenvalue weighted by molar-refractivity contribution is 0.408. The molecule has 0 heterocycles. The Balaban J connectivity index is 2.25. The van der Waals surface area contributed by atoms with Crippen molar-refractivity contribution in [3.8, 4) is 5.75 Å². The van der Waals surface area contributed by atoms with Crippen molar-refractivity contribution >= 4 is 0 Å². The fourth-order valence-corrected chi connectivity index (χ4v) is 2.23. The maximum atomic E-state index is 13.3. The Kier molecular flexibility index (Phi) is 4.17. The number of methoxy groups -OCH3 is 1. The standard InChI is InChI=1S/C16H18FNO/c1-11-7-8-13(17)10-14(11)15(18)9-12-5-3-4-6-16(12)19-2/h3-8,10,15H,9,18H2,1-2H3. The average molecular weight is 259 g/mol. The molecule has 2 N–H and O–H groups in total. The van der Waals surface area contributed by atoms with Crippen LogP contribution in [0.3, 0.4) is 0 Å². The largest absolute Gasteiger partial charge is 0.496 e. The van der Waals surface area contributed by atoms with Crippen molar-refractivity contribution in [2.45, 2.75) is 19.4 Å². The van der Waals surface area contributed by atoms with Crippen LogP contribution in [0.1, 0.15) is 22.7 Å². The van der Waals surface area contributed by atoms with Gasteiger partial charge < -0.3 is 10.5 Å². The lowest BCUT2D eigenvalue weighted by Crippen LogP contribution is -2.15. The molecule has 0 saturated carbocycles. The summed E-state index contributed by atoms with van der Waals surface area (Å²) in [5.74, 6) is 0.558. The van der Waals surface area contributed by atoms with E-state index >= 15 is 0 Å². The van der Waals surface area contributed by atoms with Gasteiger partial charge in [-0.15, -0.1) is 0 Å². The molecule has 0 fully saturated rings. The van der Waals surface area contributed by atoms with E-state index in [2.05, 4.69) is 0 Å². The maximum absolute atomic E-state index is 13.3. The molecule has 3 heteroatoms. The number of hydrogen-bond donors (Lipinski definition) is 1. The van der Waals surface area contributed by atoms with Gasteiger partial charge in [0.1, 0.15) is 11.6 Å². The zero-order valence-corrected chi connectivity index (χ0v) is 11.2. The molecular formula is C16H18FNO. The maximum Gasteiger partial charge on any atom is 0.123 e. The third kappa shape index (κ3) is 3.12. The zero-order chi connectivity index (χ0) is 13.8. The second kappa shape index (κ2) is 5.85. The molecule has 0 aromatic heterocycles. The van der Waals surface area contributed by atoms with Gasteiger partial charge in [-0.3, -0.25) is 0 Å². The molecule has 1 unspecified atom stereocenters. The zero-order valence-electron chi connectivity index (χ0n) is 11.2. The van der Waals surface area contributed by atoms with Crippen LogP contribution >= 0.6 is 0 Å². The van der Waals surface area contributed by atoms with Gasteiger partial charge in [0.25, 0.3) is 0 Å². The monoisotopic (exact) mass is 259 g/mol. The third-order valence-electron chi connectivity index (χ3n) is 3.27. The van der Waals surface area contributed by atoms with Gasteiger partial charge in [-0.25, -0.2) is 4.39 Å². The molecule has 19 heavy (non-hydrogen) atoms. The second-order valence-electron chi connectivity index (χ2n) is 4.62. The normalized spacial score (nSPS) is 12.2. The first kappa shape index (κ1) is 13.6. The first-order valence-corrected chi connectivity index (χ1v) is 6.25. The molecule has 0 spiro atoms. The Morgan fingerprint density at radius 1 is 1.21 bits per heavy atom. The van der Waals surface area contributed by atoms with E-state index < -0.39 is 0 Å². The number of rotatable bonds is 4. The number of benzene rings is 2. The van der Waals surface area contributed by atoms with Crippen LogP contribution in [0.4, 0.5) is 4.39 Å². The molecule has 2 nitrogen and oxygen atoms in total. The van der Waals surface area contributed by atoms with E-state index in [1.807, 2.05) is 31.2 Å². The van der Waals surface area contributed by atoms with Crippen LogP contribution in [-0.4, -0.2) is 7.11 Å². The fraction of sp³-hybridized carbons (Fsp3) is 0.250. The molecular weight excluding hydrogens is 241 g/mol. The highest BCUT2D eigenvalue weighted by atomic mass is 19.1. The molecule has 0 aliphatic rings. The Morgan fingerprint density at radius 2 is 1.95 bits per heavy atom. The minimum absolute atomic E-state index is 0.244.